The molecule has 0 aromatic heterocycles. The summed E-state index contributed by atoms with van der Waals surface area (Å²) in [6.45, 7) is 2.01. The molecule has 1 saturated heterocycles. The summed E-state index contributed by atoms with van der Waals surface area (Å²) >= 11 is 0. The summed E-state index contributed by atoms with van der Waals surface area (Å²) in [5.41, 5.74) is 1.44. The molecule has 8 nitrogen and oxygen atoms in total. The van der Waals surface area contributed by atoms with Crippen molar-refractivity contribution in [1.29, 1.82) is 0 Å². The molecule has 2 N–H and O–H groups in total. The number of guanidine groups is 1. The van der Waals surface area contributed by atoms with Gasteiger partial charge in [-0.2, -0.15) is 0 Å². The maximum Gasteiger partial charge on any atom is 0.337 e. The van der Waals surface area contributed by atoms with E-state index >= 15 is 0 Å². The van der Waals surface area contributed by atoms with Crippen LogP contribution in [0, 0.1) is 0 Å². The highest BCUT2D eigenvalue weighted by Gasteiger charge is 2.16. The Morgan fingerprint density at radius 2 is 2.00 bits per heavy atom. The number of ether oxygens (including phenoxy) is 2. The van der Waals surface area contributed by atoms with Gasteiger partial charge in [-0.15, -0.1) is 0 Å². The molecular formula is C19H28N4O4. The number of carbonyl (C=O) groups excluding carboxylic acids is 2. The van der Waals surface area contributed by atoms with Gasteiger partial charge in [0, 0.05) is 27.2 Å². The van der Waals surface area contributed by atoms with Crippen molar-refractivity contribution >= 4 is 17.8 Å². The van der Waals surface area contributed by atoms with Gasteiger partial charge in [0.15, 0.2) is 5.96 Å². The van der Waals surface area contributed by atoms with Crippen LogP contribution < -0.4 is 10.6 Å². The molecule has 0 aliphatic carbocycles. The molecule has 1 aromatic carbocycles. The van der Waals surface area contributed by atoms with E-state index in [0.29, 0.717) is 24.6 Å². The number of aliphatic imine (C=N–C) groups is 1. The Balaban J connectivity index is 1.96. The zero-order valence-electron chi connectivity index (χ0n) is 16.2. The minimum Gasteiger partial charge on any atom is -0.465 e. The van der Waals surface area contributed by atoms with Crippen LogP contribution in [0.4, 0.5) is 0 Å². The summed E-state index contributed by atoms with van der Waals surface area (Å²) in [7, 11) is 4.78. The molecular weight excluding hydrogens is 348 g/mol. The third-order valence-electron chi connectivity index (χ3n) is 4.22. The smallest absolute Gasteiger partial charge is 0.337 e. The lowest BCUT2D eigenvalue weighted by Gasteiger charge is -2.17. The van der Waals surface area contributed by atoms with Crippen molar-refractivity contribution in [2.75, 3.05) is 40.9 Å². The average Bonchev–Trinajstić information content (AvgIpc) is 3.20. The van der Waals surface area contributed by atoms with E-state index < -0.39 is 0 Å². The van der Waals surface area contributed by atoms with E-state index in [-0.39, 0.29) is 24.5 Å². The zero-order chi connectivity index (χ0) is 19.6. The van der Waals surface area contributed by atoms with Crippen LogP contribution in [0.15, 0.2) is 29.3 Å². The van der Waals surface area contributed by atoms with Crippen molar-refractivity contribution in [3.05, 3.63) is 35.4 Å². The SMILES string of the molecule is COC(=O)c1ccc(CN=C(NCC(=O)N(C)C)NCC2CCCO2)cc1. The second kappa shape index (κ2) is 10.5. The van der Waals surface area contributed by atoms with E-state index in [2.05, 4.69) is 15.6 Å². The molecule has 0 radical (unpaired) electrons. The molecule has 1 aliphatic heterocycles. The highest BCUT2D eigenvalue weighted by molar-refractivity contribution is 5.89. The Morgan fingerprint density at radius 1 is 1.26 bits per heavy atom. The lowest BCUT2D eigenvalue weighted by Crippen LogP contribution is -2.45. The number of carbonyl (C=O) groups is 2. The van der Waals surface area contributed by atoms with Crippen LogP contribution in [-0.2, 0) is 20.8 Å². The van der Waals surface area contributed by atoms with Crippen LogP contribution in [0.2, 0.25) is 0 Å². The Hall–Kier alpha value is -2.61. The lowest BCUT2D eigenvalue weighted by molar-refractivity contribution is -0.127. The summed E-state index contributed by atoms with van der Waals surface area (Å²) in [5, 5.41) is 6.29. The van der Waals surface area contributed by atoms with Crippen LogP contribution in [0.1, 0.15) is 28.8 Å². The quantitative estimate of drug-likeness (QED) is 0.415. The first-order valence-corrected chi connectivity index (χ1v) is 9.00. The molecule has 1 aliphatic rings. The highest BCUT2D eigenvalue weighted by atomic mass is 16.5. The number of rotatable bonds is 7. The number of methoxy groups -OCH3 is 1. The number of amides is 1. The molecule has 1 aromatic rings. The number of esters is 1. The van der Waals surface area contributed by atoms with Gasteiger partial charge < -0.3 is 25.0 Å². The number of likely N-dealkylation sites (N-methyl/N-ethyl adjacent to an activating group) is 1. The van der Waals surface area contributed by atoms with E-state index in [0.717, 1.165) is 25.0 Å². The predicted molar refractivity (Wildman–Crippen MR) is 103 cm³/mol. The van der Waals surface area contributed by atoms with Gasteiger partial charge in [-0.05, 0) is 30.5 Å². The molecule has 0 bridgehead atoms. The van der Waals surface area contributed by atoms with Crippen molar-refractivity contribution < 1.29 is 19.1 Å². The fraction of sp³-hybridized carbons (Fsp3) is 0.526. The molecule has 1 unspecified atom stereocenters. The number of nitrogens with zero attached hydrogens (tertiary/aromatic N) is 2. The van der Waals surface area contributed by atoms with E-state index in [1.807, 2.05) is 12.1 Å². The molecule has 8 heteroatoms. The second-order valence-electron chi connectivity index (χ2n) is 6.51. The number of hydrogen-bond acceptors (Lipinski definition) is 5. The third-order valence-corrected chi connectivity index (χ3v) is 4.22. The van der Waals surface area contributed by atoms with Gasteiger partial charge >= 0.3 is 5.97 Å². The van der Waals surface area contributed by atoms with Gasteiger partial charge in [0.05, 0.1) is 31.9 Å². The zero-order valence-corrected chi connectivity index (χ0v) is 16.2. The van der Waals surface area contributed by atoms with Gasteiger partial charge in [-0.1, -0.05) is 12.1 Å². The van der Waals surface area contributed by atoms with Gasteiger partial charge in [-0.3, -0.25) is 4.79 Å². The molecule has 0 spiro atoms. The third kappa shape index (κ3) is 6.90. The predicted octanol–water partition coefficient (Wildman–Crippen LogP) is 0.776. The number of benzene rings is 1. The van der Waals surface area contributed by atoms with Crippen molar-refractivity contribution in [3.8, 4) is 0 Å². The molecule has 2 rings (SSSR count). The Morgan fingerprint density at radius 3 is 2.59 bits per heavy atom. The summed E-state index contributed by atoms with van der Waals surface area (Å²) < 4.78 is 10.3. The largest absolute Gasteiger partial charge is 0.465 e. The highest BCUT2D eigenvalue weighted by Crippen LogP contribution is 2.10. The molecule has 0 saturated carbocycles. The van der Waals surface area contributed by atoms with E-state index in [9.17, 15) is 9.59 Å². The van der Waals surface area contributed by atoms with Crippen LogP contribution in [0.3, 0.4) is 0 Å². The minimum atomic E-state index is -0.368. The Bertz CT molecular complexity index is 652. The normalized spacial score (nSPS) is 16.7. The van der Waals surface area contributed by atoms with Crippen molar-refractivity contribution in [3.63, 3.8) is 0 Å². The molecule has 1 fully saturated rings. The van der Waals surface area contributed by atoms with Crippen molar-refractivity contribution in [2.45, 2.75) is 25.5 Å². The summed E-state index contributed by atoms with van der Waals surface area (Å²) in [5.74, 6) is 0.148. The van der Waals surface area contributed by atoms with Crippen molar-refractivity contribution in [2.24, 2.45) is 4.99 Å². The molecule has 1 amide bonds. The monoisotopic (exact) mass is 376 g/mol. The van der Waals surface area contributed by atoms with E-state index in [1.165, 1.54) is 12.0 Å². The maximum atomic E-state index is 11.8. The number of nitrogens with one attached hydrogen (secondary N) is 2. The minimum absolute atomic E-state index is 0.0379. The van der Waals surface area contributed by atoms with E-state index in [1.54, 1.807) is 26.2 Å². The van der Waals surface area contributed by atoms with Crippen molar-refractivity contribution in [1.82, 2.24) is 15.5 Å². The molecule has 1 atom stereocenters. The van der Waals surface area contributed by atoms with Crippen LogP contribution in [-0.4, -0.2) is 69.7 Å². The van der Waals surface area contributed by atoms with Gasteiger partial charge in [0.25, 0.3) is 0 Å². The van der Waals surface area contributed by atoms with Gasteiger partial charge in [0.1, 0.15) is 0 Å². The first kappa shape index (κ1) is 20.7. The lowest BCUT2D eigenvalue weighted by atomic mass is 10.1. The summed E-state index contributed by atoms with van der Waals surface area (Å²) in [6.07, 6.45) is 2.25. The molecule has 1 heterocycles. The Kier molecular flexibility index (Phi) is 8.06. The van der Waals surface area contributed by atoms with Gasteiger partial charge in [0.2, 0.25) is 5.91 Å². The fourth-order valence-corrected chi connectivity index (χ4v) is 2.54. The maximum absolute atomic E-state index is 11.8. The molecule has 27 heavy (non-hydrogen) atoms. The summed E-state index contributed by atoms with van der Waals surface area (Å²) in [6, 6.07) is 7.08. The second-order valence-corrected chi connectivity index (χ2v) is 6.51. The Labute approximate surface area is 159 Å². The van der Waals surface area contributed by atoms with Crippen LogP contribution in [0.5, 0.6) is 0 Å². The van der Waals surface area contributed by atoms with Gasteiger partial charge in [-0.25, -0.2) is 9.79 Å². The van der Waals surface area contributed by atoms with E-state index in [4.69, 9.17) is 9.47 Å². The van der Waals surface area contributed by atoms with Crippen LogP contribution in [0.25, 0.3) is 0 Å². The summed E-state index contributed by atoms with van der Waals surface area (Å²) in [4.78, 5) is 29.4. The first-order valence-electron chi connectivity index (χ1n) is 9.00. The fourth-order valence-electron chi connectivity index (χ4n) is 2.54. The standard InChI is InChI=1S/C19H28N4O4/c1-23(2)17(24)13-22-19(21-12-16-5-4-10-27-16)20-11-14-6-8-15(9-7-14)18(25)26-3/h6-9,16H,4-5,10-13H2,1-3H3,(H2,20,21,22). The number of hydrogen-bond donors (Lipinski definition) is 2. The van der Waals surface area contributed by atoms with Crippen LogP contribution >= 0.6 is 0 Å². The molecule has 148 valence electrons. The topological polar surface area (TPSA) is 92.3 Å². The first-order chi connectivity index (χ1) is 13.0. The average molecular weight is 376 g/mol.